The topological polar surface area (TPSA) is 73.7 Å². The summed E-state index contributed by atoms with van der Waals surface area (Å²) in [5, 5.41) is 4.42. The maximum absolute atomic E-state index is 12.6. The Kier molecular flexibility index (Phi) is 6.11. The summed E-state index contributed by atoms with van der Waals surface area (Å²) in [4.78, 5) is 26.6. The van der Waals surface area contributed by atoms with Crippen molar-refractivity contribution in [3.05, 3.63) is 47.3 Å². The Balaban J connectivity index is 1.55. The number of ether oxygens (including phenoxy) is 2. The Morgan fingerprint density at radius 1 is 1.22 bits per heavy atom. The van der Waals surface area contributed by atoms with Crippen LogP contribution in [0.5, 0.6) is 5.75 Å². The van der Waals surface area contributed by atoms with E-state index >= 15 is 0 Å². The number of benzene rings is 1. The molecule has 0 saturated carbocycles. The smallest absolute Gasteiger partial charge is 0.356 e. The van der Waals surface area contributed by atoms with E-state index in [0.717, 1.165) is 17.0 Å². The van der Waals surface area contributed by atoms with E-state index in [4.69, 9.17) is 9.47 Å². The van der Waals surface area contributed by atoms with E-state index in [-0.39, 0.29) is 11.9 Å². The number of carbonyl (C=O) groups excluding carboxylic acids is 2. The third-order valence-corrected chi connectivity index (χ3v) is 4.56. The third-order valence-electron chi connectivity index (χ3n) is 4.56. The average Bonchev–Trinajstić information content (AvgIpc) is 3.01. The van der Waals surface area contributed by atoms with Crippen molar-refractivity contribution >= 4 is 11.9 Å². The Morgan fingerprint density at radius 3 is 2.74 bits per heavy atom. The lowest BCUT2D eigenvalue weighted by atomic mass is 10.0. The van der Waals surface area contributed by atoms with Gasteiger partial charge in [0, 0.05) is 38.5 Å². The zero-order valence-electron chi connectivity index (χ0n) is 15.8. The summed E-state index contributed by atoms with van der Waals surface area (Å²) < 4.78 is 12.3. The van der Waals surface area contributed by atoms with E-state index < -0.39 is 0 Å². The molecule has 0 saturated heterocycles. The number of hydrogen-bond donors (Lipinski definition) is 0. The highest BCUT2D eigenvalue weighted by molar-refractivity contribution is 5.90. The fourth-order valence-electron chi connectivity index (χ4n) is 3.26. The van der Waals surface area contributed by atoms with Gasteiger partial charge in [-0.05, 0) is 25.5 Å². The van der Waals surface area contributed by atoms with E-state index in [0.29, 0.717) is 51.3 Å². The highest BCUT2D eigenvalue weighted by atomic mass is 16.5. The van der Waals surface area contributed by atoms with Crippen molar-refractivity contribution < 1.29 is 19.1 Å². The van der Waals surface area contributed by atoms with Crippen LogP contribution in [0.25, 0.3) is 0 Å². The molecule has 1 amide bonds. The third kappa shape index (κ3) is 4.48. The van der Waals surface area contributed by atoms with Crippen LogP contribution >= 0.6 is 0 Å². The molecule has 27 heavy (non-hydrogen) atoms. The minimum absolute atomic E-state index is 0.0657. The largest absolute Gasteiger partial charge is 0.494 e. The fraction of sp³-hybridized carbons (Fsp3) is 0.450. The molecule has 7 nitrogen and oxygen atoms in total. The van der Waals surface area contributed by atoms with Gasteiger partial charge in [-0.15, -0.1) is 0 Å². The van der Waals surface area contributed by atoms with Crippen molar-refractivity contribution in [2.24, 2.45) is 7.05 Å². The Bertz CT molecular complexity index is 801. The quantitative estimate of drug-likeness (QED) is 0.552. The average molecular weight is 371 g/mol. The van der Waals surface area contributed by atoms with Gasteiger partial charge in [-0.2, -0.15) is 5.10 Å². The molecule has 2 heterocycles. The number of fused-ring (bicyclic) bond motifs is 1. The predicted octanol–water partition coefficient (Wildman–Crippen LogP) is 2.34. The number of rotatable bonds is 7. The summed E-state index contributed by atoms with van der Waals surface area (Å²) in [6.45, 7) is 3.59. The Labute approximate surface area is 158 Å². The van der Waals surface area contributed by atoms with Gasteiger partial charge in [0.15, 0.2) is 5.69 Å². The van der Waals surface area contributed by atoms with Gasteiger partial charge >= 0.3 is 5.97 Å². The molecule has 1 aliphatic rings. The second kappa shape index (κ2) is 8.70. The first-order valence-electron chi connectivity index (χ1n) is 9.27. The van der Waals surface area contributed by atoms with Crippen molar-refractivity contribution in [2.45, 2.75) is 32.7 Å². The lowest BCUT2D eigenvalue weighted by Crippen LogP contribution is -2.36. The Hall–Kier alpha value is -2.83. The van der Waals surface area contributed by atoms with Crippen LogP contribution in [0.1, 0.15) is 41.5 Å². The van der Waals surface area contributed by atoms with E-state index in [2.05, 4.69) is 5.10 Å². The van der Waals surface area contributed by atoms with Gasteiger partial charge in [-0.1, -0.05) is 18.2 Å². The van der Waals surface area contributed by atoms with Crippen LogP contribution in [-0.4, -0.2) is 46.3 Å². The lowest BCUT2D eigenvalue weighted by molar-refractivity contribution is -0.132. The van der Waals surface area contributed by atoms with Gasteiger partial charge in [0.2, 0.25) is 5.91 Å². The molecule has 1 aromatic carbocycles. The number of amides is 1. The molecule has 0 bridgehead atoms. The standard InChI is InChI=1S/C20H25N3O4/c1-3-26-20(25)19-16-14-23(12-11-17(16)21-22(19)2)18(24)10-7-13-27-15-8-5-4-6-9-15/h4-6,8-9H,3,7,10-14H2,1-2H3. The van der Waals surface area contributed by atoms with Gasteiger partial charge in [0.25, 0.3) is 0 Å². The molecule has 3 rings (SSSR count). The molecule has 0 unspecified atom stereocenters. The predicted molar refractivity (Wildman–Crippen MR) is 99.5 cm³/mol. The van der Waals surface area contributed by atoms with Gasteiger partial charge in [0.05, 0.1) is 18.9 Å². The fourth-order valence-corrected chi connectivity index (χ4v) is 3.26. The summed E-state index contributed by atoms with van der Waals surface area (Å²) in [6, 6.07) is 9.56. The minimum atomic E-state index is -0.390. The minimum Gasteiger partial charge on any atom is -0.494 e. The van der Waals surface area contributed by atoms with E-state index in [1.54, 1.807) is 23.6 Å². The summed E-state index contributed by atoms with van der Waals surface area (Å²) in [5.41, 5.74) is 2.12. The van der Waals surface area contributed by atoms with Crippen LogP contribution in [0, 0.1) is 0 Å². The molecule has 1 aliphatic heterocycles. The first kappa shape index (κ1) is 18.9. The number of nitrogens with zero attached hydrogens (tertiary/aromatic N) is 3. The van der Waals surface area contributed by atoms with Crippen LogP contribution in [0.4, 0.5) is 0 Å². The maximum atomic E-state index is 12.6. The summed E-state index contributed by atoms with van der Waals surface area (Å²) >= 11 is 0. The van der Waals surface area contributed by atoms with Crippen molar-refractivity contribution in [2.75, 3.05) is 19.8 Å². The summed E-state index contributed by atoms with van der Waals surface area (Å²) in [6.07, 6.45) is 1.71. The van der Waals surface area contributed by atoms with Crippen LogP contribution < -0.4 is 4.74 Å². The number of aryl methyl sites for hydroxylation is 1. The number of esters is 1. The zero-order chi connectivity index (χ0) is 19.2. The van der Waals surface area contributed by atoms with Gasteiger partial charge < -0.3 is 14.4 Å². The highest BCUT2D eigenvalue weighted by Gasteiger charge is 2.29. The SMILES string of the molecule is CCOC(=O)c1c2c(nn1C)CCN(C(=O)CCCOc1ccccc1)C2. The number of para-hydroxylation sites is 1. The molecule has 2 aromatic rings. The first-order chi connectivity index (χ1) is 13.1. The summed E-state index contributed by atoms with van der Waals surface area (Å²) in [5.74, 6) is 0.484. The van der Waals surface area contributed by atoms with Gasteiger partial charge in [-0.25, -0.2) is 4.79 Å². The van der Waals surface area contributed by atoms with E-state index in [1.807, 2.05) is 30.3 Å². The van der Waals surface area contributed by atoms with Gasteiger partial charge in [0.1, 0.15) is 5.75 Å². The van der Waals surface area contributed by atoms with Crippen molar-refractivity contribution in [3.63, 3.8) is 0 Å². The first-order valence-corrected chi connectivity index (χ1v) is 9.27. The van der Waals surface area contributed by atoms with E-state index in [1.165, 1.54) is 0 Å². The molecule has 0 spiro atoms. The molecule has 0 atom stereocenters. The normalized spacial score (nSPS) is 13.2. The van der Waals surface area contributed by atoms with Crippen LogP contribution in [0.3, 0.4) is 0 Å². The molecule has 1 aromatic heterocycles. The second-order valence-corrected chi connectivity index (χ2v) is 6.45. The lowest BCUT2D eigenvalue weighted by Gasteiger charge is -2.27. The number of aromatic nitrogens is 2. The highest BCUT2D eigenvalue weighted by Crippen LogP contribution is 2.23. The molecule has 0 aliphatic carbocycles. The molecule has 7 heteroatoms. The van der Waals surface area contributed by atoms with Crippen LogP contribution in [0.2, 0.25) is 0 Å². The zero-order valence-corrected chi connectivity index (χ0v) is 15.8. The van der Waals surface area contributed by atoms with Crippen molar-refractivity contribution in [1.82, 2.24) is 14.7 Å². The molecular formula is C20H25N3O4. The van der Waals surface area contributed by atoms with E-state index in [9.17, 15) is 9.59 Å². The maximum Gasteiger partial charge on any atom is 0.356 e. The van der Waals surface area contributed by atoms with Crippen LogP contribution in [0.15, 0.2) is 30.3 Å². The van der Waals surface area contributed by atoms with Gasteiger partial charge in [-0.3, -0.25) is 9.48 Å². The molecule has 0 fully saturated rings. The van der Waals surface area contributed by atoms with Crippen molar-refractivity contribution in [3.8, 4) is 5.75 Å². The van der Waals surface area contributed by atoms with Crippen molar-refractivity contribution in [1.29, 1.82) is 0 Å². The number of hydrogen-bond acceptors (Lipinski definition) is 5. The molecular weight excluding hydrogens is 346 g/mol. The monoisotopic (exact) mass is 371 g/mol. The summed E-state index contributed by atoms with van der Waals surface area (Å²) in [7, 11) is 1.73. The number of carbonyl (C=O) groups is 2. The second-order valence-electron chi connectivity index (χ2n) is 6.45. The molecule has 0 radical (unpaired) electrons. The molecule has 144 valence electrons. The molecule has 0 N–H and O–H groups in total. The van der Waals surface area contributed by atoms with Crippen LogP contribution in [-0.2, 0) is 29.5 Å². The Morgan fingerprint density at radius 2 is 2.00 bits per heavy atom.